The van der Waals surface area contributed by atoms with Crippen molar-refractivity contribution >= 4 is 58.8 Å². The van der Waals surface area contributed by atoms with Gasteiger partial charge in [-0.15, -0.1) is 0 Å². The van der Waals surface area contributed by atoms with Gasteiger partial charge in [0.25, 0.3) is 5.69 Å². The van der Waals surface area contributed by atoms with E-state index in [2.05, 4.69) is 20.9 Å². The molecule has 0 bridgehead atoms. The predicted octanol–water partition coefficient (Wildman–Crippen LogP) is 1.56. The maximum Gasteiger partial charge on any atom is 0.305 e. The number of aliphatic carboxylic acids is 1. The third-order valence-electron chi connectivity index (χ3n) is 4.45. The van der Waals surface area contributed by atoms with Crippen LogP contribution in [0.3, 0.4) is 0 Å². The number of nitrogens with one attached hydrogen (secondary N) is 3. The molecule has 4 N–H and O–H groups in total. The third-order valence-corrected chi connectivity index (χ3v) is 4.45. The van der Waals surface area contributed by atoms with Crippen LogP contribution in [0.5, 0.6) is 0 Å². The molecule has 0 saturated heterocycles. The van der Waals surface area contributed by atoms with Crippen LogP contribution in [0, 0.1) is 17.0 Å². The van der Waals surface area contributed by atoms with E-state index in [-0.39, 0.29) is 59.7 Å². The number of nitro benzene ring substituents is 1. The van der Waals surface area contributed by atoms with E-state index >= 15 is 0 Å². The Morgan fingerprint density at radius 1 is 1.18 bits per heavy atom. The van der Waals surface area contributed by atoms with Crippen molar-refractivity contribution in [2.75, 3.05) is 18.4 Å². The maximum atomic E-state index is 12.2. The SMILES string of the molecule is Cc1ccnc(NCCCC(=O)NCC(=O)NC(CC(=O)O)c2cccc([N+](=O)[O-])c2)c1.[Na]. The van der Waals surface area contributed by atoms with Crippen LogP contribution in [-0.2, 0) is 14.4 Å². The molecule has 1 unspecified atom stereocenters. The van der Waals surface area contributed by atoms with Gasteiger partial charge in [-0.05, 0) is 36.6 Å². The summed E-state index contributed by atoms with van der Waals surface area (Å²) in [6, 6.07) is 8.19. The largest absolute Gasteiger partial charge is 0.481 e. The van der Waals surface area contributed by atoms with E-state index in [4.69, 9.17) is 5.11 Å². The van der Waals surface area contributed by atoms with Gasteiger partial charge in [0.1, 0.15) is 5.82 Å². The zero-order chi connectivity index (χ0) is 23.5. The van der Waals surface area contributed by atoms with Gasteiger partial charge in [-0.25, -0.2) is 4.98 Å². The van der Waals surface area contributed by atoms with Gasteiger partial charge in [-0.3, -0.25) is 24.5 Å². The molecule has 12 heteroatoms. The summed E-state index contributed by atoms with van der Waals surface area (Å²) < 4.78 is 0. The van der Waals surface area contributed by atoms with Crippen LogP contribution in [0.25, 0.3) is 0 Å². The van der Waals surface area contributed by atoms with Gasteiger partial charge in [0.2, 0.25) is 11.8 Å². The van der Waals surface area contributed by atoms with Crippen LogP contribution >= 0.6 is 0 Å². The molecule has 2 rings (SSSR count). The fraction of sp³-hybridized carbons (Fsp3) is 0.333. The zero-order valence-corrected chi connectivity index (χ0v) is 20.5. The Morgan fingerprint density at radius 3 is 2.61 bits per heavy atom. The number of hydrogen-bond donors (Lipinski definition) is 4. The monoisotopic (exact) mass is 466 g/mol. The van der Waals surface area contributed by atoms with E-state index in [0.29, 0.717) is 13.0 Å². The molecular formula is C21H25N5NaO6. The normalized spacial score (nSPS) is 10.9. The van der Waals surface area contributed by atoms with Crippen molar-refractivity contribution in [3.05, 3.63) is 63.8 Å². The van der Waals surface area contributed by atoms with Crippen molar-refractivity contribution in [2.24, 2.45) is 0 Å². The molecule has 0 aliphatic rings. The molecule has 0 aliphatic heterocycles. The number of carboxylic acid groups (broad SMARTS) is 1. The topological polar surface area (TPSA) is 164 Å². The number of non-ortho nitro benzene ring substituents is 1. The Labute approximate surface area is 212 Å². The standard InChI is InChI=1S/C21H25N5O6.Na/c1-14-7-9-23-18(10-14)22-8-3-6-19(27)24-13-20(28)25-17(12-21(29)30)15-4-2-5-16(11-15)26(31)32;/h2,4-5,7,9-11,17H,3,6,8,12-13H2,1H3,(H,22,23)(H,24,27)(H,25,28)(H,29,30);. The summed E-state index contributed by atoms with van der Waals surface area (Å²) in [6.07, 6.45) is 1.95. The predicted molar refractivity (Wildman–Crippen MR) is 122 cm³/mol. The summed E-state index contributed by atoms with van der Waals surface area (Å²) in [4.78, 5) is 49.8. The Bertz CT molecular complexity index is 987. The number of aromatic nitrogens is 1. The molecule has 1 atom stereocenters. The molecule has 0 aliphatic carbocycles. The second-order valence-electron chi connectivity index (χ2n) is 7.10. The molecule has 1 aromatic heterocycles. The van der Waals surface area contributed by atoms with E-state index in [1.54, 1.807) is 6.20 Å². The smallest absolute Gasteiger partial charge is 0.305 e. The van der Waals surface area contributed by atoms with Crippen molar-refractivity contribution < 1.29 is 24.4 Å². The molecule has 33 heavy (non-hydrogen) atoms. The number of nitro groups is 1. The summed E-state index contributed by atoms with van der Waals surface area (Å²) in [5, 5.41) is 28.1. The van der Waals surface area contributed by atoms with Gasteiger partial charge >= 0.3 is 5.97 Å². The molecular weight excluding hydrogens is 441 g/mol. The van der Waals surface area contributed by atoms with Crippen LogP contribution in [0.15, 0.2) is 42.6 Å². The minimum Gasteiger partial charge on any atom is -0.481 e. The number of hydrogen-bond acceptors (Lipinski definition) is 7. The molecule has 2 aromatic rings. The molecule has 171 valence electrons. The van der Waals surface area contributed by atoms with Gasteiger partial charge in [-0.1, -0.05) is 12.1 Å². The number of aryl methyl sites for hydroxylation is 1. The molecule has 11 nitrogen and oxygen atoms in total. The van der Waals surface area contributed by atoms with Crippen molar-refractivity contribution in [1.82, 2.24) is 15.6 Å². The van der Waals surface area contributed by atoms with Crippen molar-refractivity contribution in [2.45, 2.75) is 32.2 Å². The summed E-state index contributed by atoms with van der Waals surface area (Å²) >= 11 is 0. The zero-order valence-electron chi connectivity index (χ0n) is 18.5. The molecule has 1 heterocycles. The first-order valence-electron chi connectivity index (χ1n) is 9.93. The van der Waals surface area contributed by atoms with Crippen LogP contribution in [0.2, 0.25) is 0 Å². The van der Waals surface area contributed by atoms with E-state index in [0.717, 1.165) is 11.4 Å². The Balaban J connectivity index is 0.00000544. The Kier molecular flexibility index (Phi) is 12.0. The quantitative estimate of drug-likeness (QED) is 0.158. The number of carbonyl (C=O) groups excluding carboxylic acids is 2. The van der Waals surface area contributed by atoms with Gasteiger partial charge in [0.15, 0.2) is 0 Å². The van der Waals surface area contributed by atoms with Gasteiger partial charge in [0.05, 0.1) is 23.9 Å². The van der Waals surface area contributed by atoms with Gasteiger partial charge in [0, 0.05) is 60.9 Å². The average Bonchev–Trinajstić information content (AvgIpc) is 2.74. The number of benzene rings is 1. The number of nitrogens with zero attached hydrogens (tertiary/aromatic N) is 2. The average molecular weight is 466 g/mol. The summed E-state index contributed by atoms with van der Waals surface area (Å²) in [6.45, 7) is 2.14. The first kappa shape index (κ1) is 28.0. The number of carbonyl (C=O) groups is 3. The third kappa shape index (κ3) is 10.4. The molecule has 2 amide bonds. The molecule has 1 aromatic carbocycles. The van der Waals surface area contributed by atoms with Crippen molar-refractivity contribution in [3.63, 3.8) is 0 Å². The fourth-order valence-corrected chi connectivity index (χ4v) is 2.89. The van der Waals surface area contributed by atoms with Crippen LogP contribution in [0.4, 0.5) is 11.5 Å². The number of anilines is 1. The Hall–Kier alpha value is -3.02. The summed E-state index contributed by atoms with van der Waals surface area (Å²) in [5.41, 5.74) is 1.14. The molecule has 0 spiro atoms. The van der Waals surface area contributed by atoms with Crippen LogP contribution in [-0.4, -0.2) is 75.4 Å². The second-order valence-corrected chi connectivity index (χ2v) is 7.10. The van der Waals surface area contributed by atoms with Crippen molar-refractivity contribution in [1.29, 1.82) is 0 Å². The second kappa shape index (κ2) is 14.2. The van der Waals surface area contributed by atoms with Crippen LogP contribution in [0.1, 0.15) is 36.4 Å². The Morgan fingerprint density at radius 2 is 1.94 bits per heavy atom. The number of pyridine rings is 1. The van der Waals surface area contributed by atoms with E-state index < -0.39 is 29.3 Å². The van der Waals surface area contributed by atoms with E-state index in [1.165, 1.54) is 24.3 Å². The summed E-state index contributed by atoms with van der Waals surface area (Å²) in [5.74, 6) is -1.39. The minimum atomic E-state index is -1.18. The number of rotatable bonds is 12. The first-order chi connectivity index (χ1) is 15.2. The van der Waals surface area contributed by atoms with Gasteiger partial charge in [-0.2, -0.15) is 0 Å². The molecule has 0 saturated carbocycles. The molecule has 0 fully saturated rings. The minimum absolute atomic E-state index is 0. The van der Waals surface area contributed by atoms with Gasteiger partial charge < -0.3 is 21.1 Å². The van der Waals surface area contributed by atoms with Crippen molar-refractivity contribution in [3.8, 4) is 0 Å². The maximum absolute atomic E-state index is 12.2. The fourth-order valence-electron chi connectivity index (χ4n) is 2.89. The first-order valence-corrected chi connectivity index (χ1v) is 9.93. The number of carboxylic acids is 1. The number of amides is 2. The van der Waals surface area contributed by atoms with E-state index in [1.807, 2.05) is 19.1 Å². The van der Waals surface area contributed by atoms with Crippen LogP contribution < -0.4 is 16.0 Å². The van der Waals surface area contributed by atoms with E-state index in [9.17, 15) is 24.5 Å². The summed E-state index contributed by atoms with van der Waals surface area (Å²) in [7, 11) is 0. The molecule has 1 radical (unpaired) electrons.